The molecule has 0 radical (unpaired) electrons. The smallest absolute Gasteiger partial charge is 0.338 e. The van der Waals surface area contributed by atoms with Gasteiger partial charge in [0.1, 0.15) is 13.2 Å². The molecule has 2 amide bonds. The summed E-state index contributed by atoms with van der Waals surface area (Å²) in [6, 6.07) is 4.94. The minimum Gasteiger partial charge on any atom is -0.486 e. The number of esters is 1. The van der Waals surface area contributed by atoms with Crippen LogP contribution in [0, 0.1) is 0 Å². The summed E-state index contributed by atoms with van der Waals surface area (Å²) in [6.07, 6.45) is 1.97. The summed E-state index contributed by atoms with van der Waals surface area (Å²) >= 11 is 0. The van der Waals surface area contributed by atoms with E-state index in [4.69, 9.17) is 14.2 Å². The summed E-state index contributed by atoms with van der Waals surface area (Å²) in [5.74, 6) is -0.254. The van der Waals surface area contributed by atoms with Gasteiger partial charge >= 0.3 is 5.97 Å². The largest absolute Gasteiger partial charge is 0.486 e. The van der Waals surface area contributed by atoms with Crippen LogP contribution in [0.25, 0.3) is 0 Å². The number of nitrogens with zero attached hydrogens (tertiary/aromatic N) is 1. The summed E-state index contributed by atoms with van der Waals surface area (Å²) in [6.45, 7) is 0.390. The maximum atomic E-state index is 12.1. The molecule has 8 nitrogen and oxygen atoms in total. The van der Waals surface area contributed by atoms with E-state index in [1.807, 2.05) is 0 Å². The zero-order valence-corrected chi connectivity index (χ0v) is 13.9. The number of fused-ring (bicyclic) bond motifs is 1. The molecule has 134 valence electrons. The Kier molecular flexibility index (Phi) is 5.06. The van der Waals surface area contributed by atoms with Gasteiger partial charge in [-0.1, -0.05) is 0 Å². The Hall–Kier alpha value is -2.77. The van der Waals surface area contributed by atoms with Crippen LogP contribution in [0.15, 0.2) is 18.2 Å². The van der Waals surface area contributed by atoms with E-state index < -0.39 is 18.5 Å². The van der Waals surface area contributed by atoms with Crippen LogP contribution in [0.5, 0.6) is 11.5 Å². The van der Waals surface area contributed by atoms with Gasteiger partial charge in [0.2, 0.25) is 5.91 Å². The second kappa shape index (κ2) is 7.42. The Labute approximate surface area is 145 Å². The summed E-state index contributed by atoms with van der Waals surface area (Å²) < 4.78 is 15.8. The Bertz CT molecular complexity index is 686. The molecular weight excluding hydrogens is 328 g/mol. The highest BCUT2D eigenvalue weighted by Gasteiger charge is 2.24. The van der Waals surface area contributed by atoms with E-state index in [2.05, 4.69) is 5.32 Å². The lowest BCUT2D eigenvalue weighted by atomic mass is 10.2. The fourth-order valence-corrected chi connectivity index (χ4v) is 2.30. The van der Waals surface area contributed by atoms with Crippen molar-refractivity contribution >= 4 is 17.8 Å². The lowest BCUT2D eigenvalue weighted by molar-refractivity contribution is -0.137. The molecule has 1 N–H and O–H groups in total. The standard InChI is InChI=1S/C17H20N2O6/c1-19(9-15(20)18-12-3-4-12)16(21)10-25-17(22)11-2-5-13-14(8-11)24-7-6-23-13/h2,5,8,12H,3-4,6-7,9-10H2,1H3,(H,18,20). The fraction of sp³-hybridized carbons (Fsp3) is 0.471. The normalized spacial score (nSPS) is 15.2. The molecule has 0 atom stereocenters. The second-order valence-electron chi connectivity index (χ2n) is 6.03. The Balaban J connectivity index is 1.47. The predicted molar refractivity (Wildman–Crippen MR) is 86.5 cm³/mol. The Morgan fingerprint density at radius 1 is 1.20 bits per heavy atom. The first-order valence-electron chi connectivity index (χ1n) is 8.13. The quantitative estimate of drug-likeness (QED) is 0.746. The van der Waals surface area contributed by atoms with Gasteiger partial charge in [0.15, 0.2) is 18.1 Å². The number of rotatable bonds is 6. The molecule has 0 unspecified atom stereocenters. The van der Waals surface area contributed by atoms with E-state index >= 15 is 0 Å². The highest BCUT2D eigenvalue weighted by Crippen LogP contribution is 2.30. The van der Waals surface area contributed by atoms with Crippen LogP contribution in [0.2, 0.25) is 0 Å². The van der Waals surface area contributed by atoms with Crippen molar-refractivity contribution < 1.29 is 28.6 Å². The lowest BCUT2D eigenvalue weighted by Gasteiger charge is -2.19. The first kappa shape index (κ1) is 17.1. The topological polar surface area (TPSA) is 94.2 Å². The molecule has 0 saturated heterocycles. The van der Waals surface area contributed by atoms with Crippen LogP contribution in [-0.2, 0) is 14.3 Å². The molecule has 1 heterocycles. The molecule has 0 spiro atoms. The van der Waals surface area contributed by atoms with Crippen LogP contribution in [-0.4, -0.2) is 62.1 Å². The van der Waals surface area contributed by atoms with Crippen LogP contribution in [0.4, 0.5) is 0 Å². The molecule has 0 bridgehead atoms. The molecule has 1 fully saturated rings. The summed E-state index contributed by atoms with van der Waals surface area (Å²) in [4.78, 5) is 36.9. The third kappa shape index (κ3) is 4.62. The molecule has 8 heteroatoms. The van der Waals surface area contributed by atoms with Crippen molar-refractivity contribution in [3.8, 4) is 11.5 Å². The molecule has 3 rings (SSSR count). The van der Waals surface area contributed by atoms with Crippen molar-refractivity contribution in [1.29, 1.82) is 0 Å². The van der Waals surface area contributed by atoms with Gasteiger partial charge in [-0.3, -0.25) is 9.59 Å². The molecule has 1 aromatic carbocycles. The van der Waals surface area contributed by atoms with Gasteiger partial charge in [0, 0.05) is 13.1 Å². The van der Waals surface area contributed by atoms with Crippen LogP contribution >= 0.6 is 0 Å². The number of nitrogens with one attached hydrogen (secondary N) is 1. The molecule has 2 aliphatic rings. The van der Waals surface area contributed by atoms with Crippen LogP contribution < -0.4 is 14.8 Å². The van der Waals surface area contributed by atoms with E-state index in [-0.39, 0.29) is 24.1 Å². The van der Waals surface area contributed by atoms with E-state index in [9.17, 15) is 14.4 Å². The van der Waals surface area contributed by atoms with Gasteiger partial charge in [-0.15, -0.1) is 0 Å². The summed E-state index contributed by atoms with van der Waals surface area (Å²) in [7, 11) is 1.49. The first-order valence-corrected chi connectivity index (χ1v) is 8.13. The van der Waals surface area contributed by atoms with Crippen molar-refractivity contribution in [2.24, 2.45) is 0 Å². The highest BCUT2D eigenvalue weighted by molar-refractivity contribution is 5.92. The van der Waals surface area contributed by atoms with E-state index in [0.29, 0.717) is 24.7 Å². The van der Waals surface area contributed by atoms with Crippen molar-refractivity contribution in [2.45, 2.75) is 18.9 Å². The molecule has 25 heavy (non-hydrogen) atoms. The van der Waals surface area contributed by atoms with Crippen LogP contribution in [0.1, 0.15) is 23.2 Å². The monoisotopic (exact) mass is 348 g/mol. The molecule has 1 aromatic rings. The third-order valence-electron chi connectivity index (χ3n) is 3.85. The number of carbonyl (C=O) groups is 3. The van der Waals surface area contributed by atoms with Gasteiger partial charge < -0.3 is 24.4 Å². The van der Waals surface area contributed by atoms with E-state index in [1.54, 1.807) is 12.1 Å². The third-order valence-corrected chi connectivity index (χ3v) is 3.85. The summed E-state index contributed by atoms with van der Waals surface area (Å²) in [5, 5.41) is 2.79. The fourth-order valence-electron chi connectivity index (χ4n) is 2.30. The van der Waals surface area contributed by atoms with Crippen molar-refractivity contribution in [3.05, 3.63) is 23.8 Å². The molecule has 1 aliphatic heterocycles. The van der Waals surface area contributed by atoms with Gasteiger partial charge in [-0.05, 0) is 31.0 Å². The lowest BCUT2D eigenvalue weighted by Crippen LogP contribution is -2.40. The van der Waals surface area contributed by atoms with Crippen molar-refractivity contribution in [2.75, 3.05) is 33.4 Å². The van der Waals surface area contributed by atoms with Crippen molar-refractivity contribution in [3.63, 3.8) is 0 Å². The molecule has 1 aliphatic carbocycles. The maximum absolute atomic E-state index is 12.1. The number of ether oxygens (including phenoxy) is 3. The van der Waals surface area contributed by atoms with Crippen molar-refractivity contribution in [1.82, 2.24) is 10.2 Å². The summed E-state index contributed by atoms with van der Waals surface area (Å²) in [5.41, 5.74) is 0.270. The molecule has 1 saturated carbocycles. The number of amides is 2. The van der Waals surface area contributed by atoms with Gasteiger partial charge in [0.05, 0.1) is 12.1 Å². The predicted octanol–water partition coefficient (Wildman–Crippen LogP) is 0.352. The zero-order chi connectivity index (χ0) is 17.8. The van der Waals surface area contributed by atoms with Crippen LogP contribution in [0.3, 0.4) is 0 Å². The Morgan fingerprint density at radius 2 is 1.92 bits per heavy atom. The maximum Gasteiger partial charge on any atom is 0.338 e. The first-order chi connectivity index (χ1) is 12.0. The number of carbonyl (C=O) groups excluding carboxylic acids is 3. The minimum atomic E-state index is -0.638. The van der Waals surface area contributed by atoms with Gasteiger partial charge in [-0.2, -0.15) is 0 Å². The van der Waals surface area contributed by atoms with E-state index in [0.717, 1.165) is 12.8 Å². The number of benzene rings is 1. The second-order valence-corrected chi connectivity index (χ2v) is 6.03. The van der Waals surface area contributed by atoms with Gasteiger partial charge in [0.25, 0.3) is 5.91 Å². The Morgan fingerprint density at radius 3 is 2.64 bits per heavy atom. The SMILES string of the molecule is CN(CC(=O)NC1CC1)C(=O)COC(=O)c1ccc2c(c1)OCCO2. The molecule has 0 aromatic heterocycles. The zero-order valence-electron chi connectivity index (χ0n) is 13.9. The number of hydrogen-bond acceptors (Lipinski definition) is 6. The highest BCUT2D eigenvalue weighted by atomic mass is 16.6. The molecular formula is C17H20N2O6. The minimum absolute atomic E-state index is 0.0586. The average molecular weight is 348 g/mol. The van der Waals surface area contributed by atoms with Gasteiger partial charge in [-0.25, -0.2) is 4.79 Å². The average Bonchev–Trinajstić information content (AvgIpc) is 3.42. The number of hydrogen-bond donors (Lipinski definition) is 1. The van der Waals surface area contributed by atoms with E-state index in [1.165, 1.54) is 18.0 Å². The number of likely N-dealkylation sites (N-methyl/N-ethyl adjacent to an activating group) is 1.